The predicted molar refractivity (Wildman–Crippen MR) is 84.9 cm³/mol. The molecule has 0 spiro atoms. The lowest BCUT2D eigenvalue weighted by molar-refractivity contribution is 0.363. The second-order valence-corrected chi connectivity index (χ2v) is 5.06. The topological polar surface area (TPSA) is 48.2 Å². The Labute approximate surface area is 129 Å². The molecule has 0 aliphatic rings. The van der Waals surface area contributed by atoms with Crippen LogP contribution in [-0.2, 0) is 0 Å². The molecule has 0 aliphatic heterocycles. The summed E-state index contributed by atoms with van der Waals surface area (Å²) in [5.41, 5.74) is 2.07. The molecular formula is C18H18N2O2. The predicted octanol–water partition coefficient (Wildman–Crippen LogP) is 4.29. The summed E-state index contributed by atoms with van der Waals surface area (Å²) in [6, 6.07) is 17.9. The largest absolute Gasteiger partial charge is 0.497 e. The van der Waals surface area contributed by atoms with Crippen molar-refractivity contribution in [3.05, 3.63) is 66.1 Å². The third kappa shape index (κ3) is 2.86. The van der Waals surface area contributed by atoms with Crippen LogP contribution in [0, 0.1) is 0 Å². The fourth-order valence-electron chi connectivity index (χ4n) is 2.49. The van der Waals surface area contributed by atoms with Crippen LogP contribution in [0.15, 0.2) is 59.1 Å². The first kappa shape index (κ1) is 14.3. The third-order valence-electron chi connectivity index (χ3n) is 3.68. The van der Waals surface area contributed by atoms with Gasteiger partial charge < -0.3 is 9.26 Å². The second kappa shape index (κ2) is 6.43. The number of nitrogens with zero attached hydrogens (tertiary/aromatic N) is 2. The first-order chi connectivity index (χ1) is 10.8. The highest BCUT2D eigenvalue weighted by atomic mass is 16.5. The van der Waals surface area contributed by atoms with Crippen molar-refractivity contribution in [1.82, 2.24) is 10.1 Å². The summed E-state index contributed by atoms with van der Waals surface area (Å²) in [6.07, 6.45) is 0.907. The normalized spacial score (nSPS) is 12.1. The van der Waals surface area contributed by atoms with Crippen molar-refractivity contribution in [2.24, 2.45) is 0 Å². The summed E-state index contributed by atoms with van der Waals surface area (Å²) in [5.74, 6) is 2.13. The zero-order valence-corrected chi connectivity index (χ0v) is 12.7. The summed E-state index contributed by atoms with van der Waals surface area (Å²) in [5, 5.41) is 4.11. The lowest BCUT2D eigenvalue weighted by atomic mass is 9.96. The highest BCUT2D eigenvalue weighted by Crippen LogP contribution is 2.29. The molecule has 0 amide bonds. The van der Waals surface area contributed by atoms with Crippen molar-refractivity contribution in [3.63, 3.8) is 0 Å². The number of hydrogen-bond acceptors (Lipinski definition) is 4. The molecule has 0 saturated carbocycles. The standard InChI is InChI=1S/C18H18N2O2/c1-3-16(13-8-5-4-6-9-13)18-19-17(20-22-18)14-10-7-11-15(12-14)21-2/h4-12,16H,3H2,1-2H3. The molecule has 0 aliphatic carbocycles. The van der Waals surface area contributed by atoms with Gasteiger partial charge in [-0.15, -0.1) is 0 Å². The molecule has 4 heteroatoms. The molecule has 0 bridgehead atoms. The molecule has 0 radical (unpaired) electrons. The molecule has 1 heterocycles. The zero-order valence-electron chi connectivity index (χ0n) is 12.7. The molecule has 112 valence electrons. The van der Waals surface area contributed by atoms with Crippen molar-refractivity contribution in [1.29, 1.82) is 0 Å². The van der Waals surface area contributed by atoms with E-state index in [1.54, 1.807) is 7.11 Å². The van der Waals surface area contributed by atoms with E-state index in [2.05, 4.69) is 29.2 Å². The van der Waals surface area contributed by atoms with Crippen molar-refractivity contribution < 1.29 is 9.26 Å². The van der Waals surface area contributed by atoms with Gasteiger partial charge in [-0.05, 0) is 24.1 Å². The summed E-state index contributed by atoms with van der Waals surface area (Å²) in [4.78, 5) is 4.57. The van der Waals surface area contributed by atoms with Crippen molar-refractivity contribution in [2.75, 3.05) is 7.11 Å². The Hall–Kier alpha value is -2.62. The minimum absolute atomic E-state index is 0.119. The number of methoxy groups -OCH3 is 1. The summed E-state index contributed by atoms with van der Waals surface area (Å²) in [7, 11) is 1.64. The van der Waals surface area contributed by atoms with E-state index < -0.39 is 0 Å². The molecule has 22 heavy (non-hydrogen) atoms. The zero-order chi connectivity index (χ0) is 15.4. The van der Waals surface area contributed by atoms with Gasteiger partial charge in [-0.1, -0.05) is 54.5 Å². The van der Waals surface area contributed by atoms with E-state index in [9.17, 15) is 0 Å². The summed E-state index contributed by atoms with van der Waals surface area (Å²) < 4.78 is 10.7. The van der Waals surface area contributed by atoms with Crippen LogP contribution in [0.4, 0.5) is 0 Å². The van der Waals surface area contributed by atoms with E-state index in [0.29, 0.717) is 11.7 Å². The lowest BCUT2D eigenvalue weighted by Crippen LogP contribution is -1.99. The van der Waals surface area contributed by atoms with E-state index in [-0.39, 0.29) is 5.92 Å². The number of benzene rings is 2. The molecule has 0 N–H and O–H groups in total. The molecule has 3 rings (SSSR count). The molecule has 1 atom stereocenters. The number of hydrogen-bond donors (Lipinski definition) is 0. The highest BCUT2D eigenvalue weighted by Gasteiger charge is 2.19. The molecule has 4 nitrogen and oxygen atoms in total. The first-order valence-corrected chi connectivity index (χ1v) is 7.34. The van der Waals surface area contributed by atoms with Crippen LogP contribution in [0.25, 0.3) is 11.4 Å². The van der Waals surface area contributed by atoms with E-state index >= 15 is 0 Å². The Morgan fingerprint density at radius 3 is 2.64 bits per heavy atom. The number of aromatic nitrogens is 2. The molecule has 0 saturated heterocycles. The Balaban J connectivity index is 1.92. The van der Waals surface area contributed by atoms with Crippen LogP contribution in [0.3, 0.4) is 0 Å². The van der Waals surface area contributed by atoms with Crippen molar-refractivity contribution in [3.8, 4) is 17.1 Å². The lowest BCUT2D eigenvalue weighted by Gasteiger charge is -2.09. The van der Waals surface area contributed by atoms with Gasteiger partial charge in [0.05, 0.1) is 13.0 Å². The van der Waals surface area contributed by atoms with Crippen molar-refractivity contribution in [2.45, 2.75) is 19.3 Å². The van der Waals surface area contributed by atoms with Gasteiger partial charge in [0.1, 0.15) is 5.75 Å². The SMILES string of the molecule is CCC(c1ccccc1)c1nc(-c2cccc(OC)c2)no1. The van der Waals surface area contributed by atoms with Crippen LogP contribution in [0.2, 0.25) is 0 Å². The maximum atomic E-state index is 5.50. The van der Waals surface area contributed by atoms with Crippen LogP contribution in [-0.4, -0.2) is 17.3 Å². The third-order valence-corrected chi connectivity index (χ3v) is 3.68. The maximum absolute atomic E-state index is 5.50. The van der Waals surface area contributed by atoms with Gasteiger partial charge in [-0.3, -0.25) is 0 Å². The molecule has 2 aromatic carbocycles. The molecule has 1 unspecified atom stereocenters. The average Bonchev–Trinajstić information content (AvgIpc) is 3.06. The van der Waals surface area contributed by atoms with Crippen molar-refractivity contribution >= 4 is 0 Å². The average molecular weight is 294 g/mol. The van der Waals surface area contributed by atoms with Gasteiger partial charge in [0.2, 0.25) is 11.7 Å². The fraction of sp³-hybridized carbons (Fsp3) is 0.222. The summed E-state index contributed by atoms with van der Waals surface area (Å²) in [6.45, 7) is 2.12. The van der Waals surface area contributed by atoms with Gasteiger partial charge >= 0.3 is 0 Å². The molecule has 3 aromatic rings. The van der Waals surface area contributed by atoms with E-state index in [1.807, 2.05) is 42.5 Å². The smallest absolute Gasteiger partial charge is 0.234 e. The van der Waals surface area contributed by atoms with Gasteiger partial charge in [0.15, 0.2) is 0 Å². The van der Waals surface area contributed by atoms with Gasteiger partial charge in [-0.25, -0.2) is 0 Å². The quantitative estimate of drug-likeness (QED) is 0.704. The Kier molecular flexibility index (Phi) is 4.19. The van der Waals surface area contributed by atoms with Gasteiger partial charge in [0, 0.05) is 5.56 Å². The second-order valence-electron chi connectivity index (χ2n) is 5.06. The minimum atomic E-state index is 0.119. The molecular weight excluding hydrogens is 276 g/mol. The minimum Gasteiger partial charge on any atom is -0.497 e. The summed E-state index contributed by atoms with van der Waals surface area (Å²) >= 11 is 0. The Morgan fingerprint density at radius 1 is 1.09 bits per heavy atom. The van der Waals surface area contributed by atoms with E-state index in [0.717, 1.165) is 17.7 Å². The van der Waals surface area contributed by atoms with Crippen LogP contribution >= 0.6 is 0 Å². The number of ether oxygens (including phenoxy) is 1. The highest BCUT2D eigenvalue weighted by molar-refractivity contribution is 5.57. The van der Waals surface area contributed by atoms with Gasteiger partial charge in [-0.2, -0.15) is 4.98 Å². The number of rotatable bonds is 5. The van der Waals surface area contributed by atoms with E-state index in [1.165, 1.54) is 5.56 Å². The monoisotopic (exact) mass is 294 g/mol. The van der Waals surface area contributed by atoms with Gasteiger partial charge in [0.25, 0.3) is 0 Å². The van der Waals surface area contributed by atoms with Crippen LogP contribution < -0.4 is 4.74 Å². The first-order valence-electron chi connectivity index (χ1n) is 7.34. The van der Waals surface area contributed by atoms with E-state index in [4.69, 9.17) is 9.26 Å². The van der Waals surface area contributed by atoms with Crippen LogP contribution in [0.1, 0.15) is 30.7 Å². The Morgan fingerprint density at radius 2 is 1.91 bits per heavy atom. The molecule has 0 fully saturated rings. The fourth-order valence-corrected chi connectivity index (χ4v) is 2.49. The Bertz CT molecular complexity index is 738. The maximum Gasteiger partial charge on any atom is 0.234 e. The van der Waals surface area contributed by atoms with Crippen LogP contribution in [0.5, 0.6) is 5.75 Å². The molecule has 1 aromatic heterocycles.